The molecule has 1 atom stereocenters. The summed E-state index contributed by atoms with van der Waals surface area (Å²) in [6.45, 7) is 6.79. The van der Waals surface area contributed by atoms with Crippen molar-refractivity contribution in [1.29, 1.82) is 0 Å². The van der Waals surface area contributed by atoms with Crippen molar-refractivity contribution in [2.45, 2.75) is 51.7 Å². The van der Waals surface area contributed by atoms with E-state index in [2.05, 4.69) is 0 Å². The molecule has 2 aliphatic rings. The molecule has 1 aliphatic carbocycles. The molecule has 1 aromatic rings. The number of amides is 3. The van der Waals surface area contributed by atoms with Gasteiger partial charge < -0.3 is 14.4 Å². The Hall–Kier alpha value is -2.41. The summed E-state index contributed by atoms with van der Waals surface area (Å²) in [6.07, 6.45) is 2.56. The molecular weight excluding hydrogens is 360 g/mol. The van der Waals surface area contributed by atoms with Crippen LogP contribution in [0.1, 0.15) is 50.4 Å². The first kappa shape index (κ1) is 20.3. The lowest BCUT2D eigenvalue weighted by molar-refractivity contribution is -0.120. The lowest BCUT2D eigenvalue weighted by Crippen LogP contribution is -2.38. The van der Waals surface area contributed by atoms with E-state index in [4.69, 9.17) is 9.47 Å². The molecule has 1 saturated heterocycles. The van der Waals surface area contributed by atoms with Crippen molar-refractivity contribution in [1.82, 2.24) is 4.90 Å². The number of nitrogens with zero attached hydrogens (tertiary/aromatic N) is 2. The average molecular weight is 388 g/mol. The first-order valence-electron chi connectivity index (χ1n) is 9.69. The number of urea groups is 1. The van der Waals surface area contributed by atoms with Gasteiger partial charge in [-0.25, -0.2) is 14.5 Å². The number of benzene rings is 1. The molecule has 1 aliphatic heterocycles. The largest absolute Gasteiger partial charge is 0.465 e. The quantitative estimate of drug-likeness (QED) is 0.529. The van der Waals surface area contributed by atoms with Crippen LogP contribution >= 0.6 is 0 Å². The second-order valence-corrected chi connectivity index (χ2v) is 8.33. The van der Waals surface area contributed by atoms with Gasteiger partial charge in [-0.1, -0.05) is 12.1 Å². The van der Waals surface area contributed by atoms with Crippen molar-refractivity contribution in [3.63, 3.8) is 0 Å². The SMILES string of the molecule is COC(=O)c1ccccc1N1C(=O)[C@H](CCOC(C)(C)C)N(CC2CC2)C1=O. The third kappa shape index (κ3) is 4.35. The molecule has 1 aromatic carbocycles. The molecule has 0 aromatic heterocycles. The lowest BCUT2D eigenvalue weighted by Gasteiger charge is -2.24. The fraction of sp³-hybridized carbons (Fsp3) is 0.571. The predicted octanol–water partition coefficient (Wildman–Crippen LogP) is 3.23. The summed E-state index contributed by atoms with van der Waals surface area (Å²) in [5.74, 6) is -0.456. The van der Waals surface area contributed by atoms with Crippen LogP contribution in [-0.2, 0) is 14.3 Å². The zero-order valence-corrected chi connectivity index (χ0v) is 16.9. The predicted molar refractivity (Wildman–Crippen MR) is 104 cm³/mol. The van der Waals surface area contributed by atoms with Crippen LogP contribution in [0.25, 0.3) is 0 Å². The van der Waals surface area contributed by atoms with Crippen LogP contribution in [0.4, 0.5) is 10.5 Å². The first-order chi connectivity index (χ1) is 13.2. The molecule has 1 saturated carbocycles. The maximum absolute atomic E-state index is 13.2. The minimum Gasteiger partial charge on any atom is -0.465 e. The number of esters is 1. The molecule has 1 heterocycles. The highest BCUT2D eigenvalue weighted by Crippen LogP contribution is 2.35. The van der Waals surface area contributed by atoms with Crippen molar-refractivity contribution < 1.29 is 23.9 Å². The summed E-state index contributed by atoms with van der Waals surface area (Å²) in [5.41, 5.74) is 0.151. The van der Waals surface area contributed by atoms with Crippen LogP contribution in [0.15, 0.2) is 24.3 Å². The van der Waals surface area contributed by atoms with Crippen LogP contribution in [0, 0.1) is 5.92 Å². The third-order valence-corrected chi connectivity index (χ3v) is 4.95. The van der Waals surface area contributed by atoms with Gasteiger partial charge in [0.1, 0.15) is 6.04 Å². The van der Waals surface area contributed by atoms with Gasteiger partial charge in [0.2, 0.25) is 0 Å². The minimum atomic E-state index is -0.582. The Morgan fingerprint density at radius 2 is 1.86 bits per heavy atom. The van der Waals surface area contributed by atoms with Gasteiger partial charge in [0.05, 0.1) is 24.0 Å². The van der Waals surface area contributed by atoms with Gasteiger partial charge in [-0.15, -0.1) is 0 Å². The number of rotatable bonds is 7. The van der Waals surface area contributed by atoms with Gasteiger partial charge in [0.25, 0.3) is 5.91 Å². The van der Waals surface area contributed by atoms with Gasteiger partial charge in [-0.05, 0) is 51.7 Å². The molecular formula is C21H28N2O5. The number of ether oxygens (including phenoxy) is 2. The molecule has 0 unspecified atom stereocenters. The van der Waals surface area contributed by atoms with Gasteiger partial charge in [-0.3, -0.25) is 4.79 Å². The summed E-state index contributed by atoms with van der Waals surface area (Å²) in [5, 5.41) is 0. The van der Waals surface area contributed by atoms with Crippen molar-refractivity contribution >= 4 is 23.6 Å². The Labute approximate surface area is 165 Å². The van der Waals surface area contributed by atoms with Crippen molar-refractivity contribution in [3.05, 3.63) is 29.8 Å². The molecule has 3 amide bonds. The normalized spacial score (nSPS) is 20.1. The Morgan fingerprint density at radius 3 is 2.46 bits per heavy atom. The number of para-hydroxylation sites is 1. The van der Waals surface area contributed by atoms with Gasteiger partial charge in [0.15, 0.2) is 0 Å². The second-order valence-electron chi connectivity index (χ2n) is 8.33. The molecule has 7 heteroatoms. The number of hydrogen-bond acceptors (Lipinski definition) is 5. The van der Waals surface area contributed by atoms with Crippen LogP contribution in [0.2, 0.25) is 0 Å². The highest BCUT2D eigenvalue weighted by molar-refractivity contribution is 6.23. The average Bonchev–Trinajstić information content (AvgIpc) is 3.43. The van der Waals surface area contributed by atoms with Crippen molar-refractivity contribution in [2.75, 3.05) is 25.2 Å². The number of carbonyl (C=O) groups excluding carboxylic acids is 3. The second kappa shape index (κ2) is 7.91. The van der Waals surface area contributed by atoms with Gasteiger partial charge in [-0.2, -0.15) is 0 Å². The highest BCUT2D eigenvalue weighted by atomic mass is 16.5. The van der Waals surface area contributed by atoms with E-state index in [1.165, 1.54) is 7.11 Å². The Bertz CT molecular complexity index is 766. The van der Waals surface area contributed by atoms with Crippen LogP contribution < -0.4 is 4.90 Å². The van der Waals surface area contributed by atoms with Gasteiger partial charge >= 0.3 is 12.0 Å². The highest BCUT2D eigenvalue weighted by Gasteiger charge is 2.48. The number of anilines is 1. The Morgan fingerprint density at radius 1 is 1.18 bits per heavy atom. The van der Waals surface area contributed by atoms with E-state index < -0.39 is 12.0 Å². The smallest absolute Gasteiger partial charge is 0.339 e. The zero-order chi connectivity index (χ0) is 20.5. The molecule has 2 fully saturated rings. The summed E-state index contributed by atoms with van der Waals surface area (Å²) in [6, 6.07) is 5.57. The topological polar surface area (TPSA) is 76.2 Å². The van der Waals surface area contributed by atoms with Crippen LogP contribution in [0.5, 0.6) is 0 Å². The van der Waals surface area contributed by atoms with E-state index in [-0.39, 0.29) is 28.8 Å². The van der Waals surface area contributed by atoms with E-state index >= 15 is 0 Å². The molecule has 0 N–H and O–H groups in total. The number of imide groups is 1. The van der Waals surface area contributed by atoms with Crippen LogP contribution in [-0.4, -0.2) is 54.7 Å². The molecule has 152 valence electrons. The Balaban J connectivity index is 1.87. The molecule has 28 heavy (non-hydrogen) atoms. The maximum atomic E-state index is 13.2. The maximum Gasteiger partial charge on any atom is 0.339 e. The fourth-order valence-electron chi connectivity index (χ4n) is 3.35. The van der Waals surface area contributed by atoms with Crippen LogP contribution in [0.3, 0.4) is 0 Å². The molecule has 7 nitrogen and oxygen atoms in total. The van der Waals surface area contributed by atoms with E-state index in [0.717, 1.165) is 17.7 Å². The number of carbonyl (C=O) groups is 3. The van der Waals surface area contributed by atoms with E-state index in [0.29, 0.717) is 25.5 Å². The van der Waals surface area contributed by atoms with E-state index in [9.17, 15) is 14.4 Å². The summed E-state index contributed by atoms with van der Waals surface area (Å²) in [4.78, 5) is 41.2. The van der Waals surface area contributed by atoms with Gasteiger partial charge in [0, 0.05) is 19.6 Å². The molecule has 0 bridgehead atoms. The molecule has 0 spiro atoms. The third-order valence-electron chi connectivity index (χ3n) is 4.95. The zero-order valence-electron chi connectivity index (χ0n) is 16.9. The summed E-state index contributed by atoms with van der Waals surface area (Å²) >= 11 is 0. The summed E-state index contributed by atoms with van der Waals surface area (Å²) < 4.78 is 10.6. The summed E-state index contributed by atoms with van der Waals surface area (Å²) in [7, 11) is 1.28. The number of methoxy groups -OCH3 is 1. The van der Waals surface area contributed by atoms with E-state index in [1.54, 1.807) is 29.2 Å². The number of hydrogen-bond donors (Lipinski definition) is 0. The fourth-order valence-corrected chi connectivity index (χ4v) is 3.35. The monoisotopic (exact) mass is 388 g/mol. The first-order valence-corrected chi connectivity index (χ1v) is 9.69. The van der Waals surface area contributed by atoms with E-state index in [1.807, 2.05) is 20.8 Å². The Kier molecular flexibility index (Phi) is 5.74. The standard InChI is InChI=1S/C21H28N2O5/c1-21(2,3)28-12-11-17-18(24)23(20(26)22(17)13-14-9-10-14)16-8-6-5-7-15(16)19(25)27-4/h5-8,14,17H,9-13H2,1-4H3/t17-/m0/s1. The van der Waals surface area contributed by atoms with Crippen molar-refractivity contribution in [3.8, 4) is 0 Å². The molecule has 0 radical (unpaired) electrons. The molecule has 3 rings (SSSR count). The minimum absolute atomic E-state index is 0.199. The van der Waals surface area contributed by atoms with Crippen molar-refractivity contribution in [2.24, 2.45) is 5.92 Å². The lowest BCUT2D eigenvalue weighted by atomic mass is 10.1.